The van der Waals surface area contributed by atoms with Gasteiger partial charge in [-0.15, -0.1) is 0 Å². The van der Waals surface area contributed by atoms with E-state index in [2.05, 4.69) is 5.10 Å². The Bertz CT molecular complexity index is 627. The number of benzene rings is 1. The number of nitrogens with zero attached hydrogens (tertiary/aromatic N) is 2. The van der Waals surface area contributed by atoms with Gasteiger partial charge in [-0.25, -0.2) is 8.78 Å². The molecule has 0 aliphatic rings. The Morgan fingerprint density at radius 1 is 1.21 bits per heavy atom. The predicted molar refractivity (Wildman–Crippen MR) is 68.0 cm³/mol. The van der Waals surface area contributed by atoms with Crippen LogP contribution in [0.3, 0.4) is 0 Å². The second kappa shape index (κ2) is 4.57. The highest BCUT2D eigenvalue weighted by Crippen LogP contribution is 2.25. The fourth-order valence-corrected chi connectivity index (χ4v) is 1.68. The Labute approximate surface area is 109 Å². The summed E-state index contributed by atoms with van der Waals surface area (Å²) in [6.07, 6.45) is 2.26. The second-order valence-electron chi connectivity index (χ2n) is 5.30. The van der Waals surface area contributed by atoms with Crippen LogP contribution in [0.1, 0.15) is 31.1 Å². The number of rotatable bonds is 2. The van der Waals surface area contributed by atoms with Gasteiger partial charge in [-0.2, -0.15) is 5.10 Å². The molecule has 5 heteroatoms. The van der Waals surface area contributed by atoms with E-state index in [1.54, 1.807) is 10.9 Å². The number of carbonyl (C=O) groups excluding carboxylic acids is 1. The van der Waals surface area contributed by atoms with Crippen molar-refractivity contribution in [3.8, 4) is 11.3 Å². The quantitative estimate of drug-likeness (QED) is 0.779. The van der Waals surface area contributed by atoms with Crippen molar-refractivity contribution in [2.75, 3.05) is 0 Å². The smallest absolute Gasteiger partial charge is 0.159 e. The minimum absolute atomic E-state index is 0.297. The molecule has 0 atom stereocenters. The van der Waals surface area contributed by atoms with E-state index in [9.17, 15) is 13.6 Å². The highest BCUT2D eigenvalue weighted by molar-refractivity contribution is 5.85. The van der Waals surface area contributed by atoms with Crippen LogP contribution in [0.2, 0.25) is 0 Å². The molecule has 0 amide bonds. The molecule has 0 bridgehead atoms. The normalized spacial score (nSPS) is 11.6. The van der Waals surface area contributed by atoms with E-state index in [4.69, 9.17) is 0 Å². The summed E-state index contributed by atoms with van der Waals surface area (Å²) in [6, 6.07) is 3.47. The van der Waals surface area contributed by atoms with Crippen LogP contribution in [0.25, 0.3) is 11.3 Å². The van der Waals surface area contributed by atoms with Crippen molar-refractivity contribution in [2.24, 2.45) is 0 Å². The van der Waals surface area contributed by atoms with Crippen LogP contribution in [0.4, 0.5) is 8.78 Å². The summed E-state index contributed by atoms with van der Waals surface area (Å²) >= 11 is 0. The molecule has 1 aromatic heterocycles. The van der Waals surface area contributed by atoms with Crippen molar-refractivity contribution in [1.82, 2.24) is 9.78 Å². The molecule has 1 heterocycles. The van der Waals surface area contributed by atoms with Gasteiger partial charge in [0.05, 0.1) is 11.1 Å². The Morgan fingerprint density at radius 2 is 1.89 bits per heavy atom. The molecular formula is C14H14F2N2O. The van der Waals surface area contributed by atoms with Gasteiger partial charge in [-0.3, -0.25) is 9.48 Å². The van der Waals surface area contributed by atoms with Crippen molar-refractivity contribution in [1.29, 1.82) is 0 Å². The molecule has 1 aromatic carbocycles. The van der Waals surface area contributed by atoms with Crippen LogP contribution in [0.5, 0.6) is 0 Å². The van der Waals surface area contributed by atoms with Crippen molar-refractivity contribution >= 4 is 6.29 Å². The summed E-state index contributed by atoms with van der Waals surface area (Å²) in [6.45, 7) is 5.80. The van der Waals surface area contributed by atoms with Crippen LogP contribution >= 0.6 is 0 Å². The first kappa shape index (κ1) is 13.4. The lowest BCUT2D eigenvalue weighted by molar-refractivity contribution is 0.112. The van der Waals surface area contributed by atoms with E-state index in [-0.39, 0.29) is 5.54 Å². The van der Waals surface area contributed by atoms with Crippen LogP contribution in [-0.2, 0) is 5.54 Å². The van der Waals surface area contributed by atoms with Gasteiger partial charge in [0.25, 0.3) is 0 Å². The SMILES string of the molecule is CC(C)(C)n1cc(C=O)c(-c2ccc(F)c(F)c2)n1. The molecule has 0 saturated carbocycles. The van der Waals surface area contributed by atoms with Gasteiger partial charge in [-0.05, 0) is 39.0 Å². The number of hydrogen-bond donors (Lipinski definition) is 0. The highest BCUT2D eigenvalue weighted by Gasteiger charge is 2.19. The lowest BCUT2D eigenvalue weighted by Gasteiger charge is -2.18. The molecule has 0 spiro atoms. The van der Waals surface area contributed by atoms with Crippen molar-refractivity contribution < 1.29 is 13.6 Å². The molecular weight excluding hydrogens is 250 g/mol. The molecule has 19 heavy (non-hydrogen) atoms. The van der Waals surface area contributed by atoms with Gasteiger partial charge >= 0.3 is 0 Å². The van der Waals surface area contributed by atoms with Gasteiger partial charge in [0, 0.05) is 11.8 Å². The fourth-order valence-electron chi connectivity index (χ4n) is 1.68. The number of hydrogen-bond acceptors (Lipinski definition) is 2. The third kappa shape index (κ3) is 2.54. The van der Waals surface area contributed by atoms with Gasteiger partial charge < -0.3 is 0 Å². The second-order valence-corrected chi connectivity index (χ2v) is 5.30. The maximum absolute atomic E-state index is 13.2. The van der Waals surface area contributed by atoms with Crippen LogP contribution in [0, 0.1) is 11.6 Å². The Morgan fingerprint density at radius 3 is 2.42 bits per heavy atom. The lowest BCUT2D eigenvalue weighted by atomic mass is 10.1. The molecule has 0 unspecified atom stereocenters. The Hall–Kier alpha value is -2.04. The maximum Gasteiger partial charge on any atom is 0.159 e. The zero-order valence-corrected chi connectivity index (χ0v) is 10.9. The Kier molecular flexibility index (Phi) is 3.22. The predicted octanol–water partition coefficient (Wildman–Crippen LogP) is 3.40. The lowest BCUT2D eigenvalue weighted by Crippen LogP contribution is -2.22. The summed E-state index contributed by atoms with van der Waals surface area (Å²) in [5, 5.41) is 4.29. The number of halogens is 2. The zero-order valence-electron chi connectivity index (χ0n) is 10.9. The number of aldehydes is 1. The van der Waals surface area contributed by atoms with Gasteiger partial charge in [0.2, 0.25) is 0 Å². The van der Waals surface area contributed by atoms with E-state index >= 15 is 0 Å². The summed E-state index contributed by atoms with van der Waals surface area (Å²) in [5.74, 6) is -1.88. The molecule has 0 N–H and O–H groups in total. The van der Waals surface area contributed by atoms with Gasteiger partial charge in [0.1, 0.15) is 5.69 Å². The molecule has 2 rings (SSSR count). The van der Waals surface area contributed by atoms with E-state index in [1.807, 2.05) is 20.8 Å². The van der Waals surface area contributed by atoms with Crippen LogP contribution in [-0.4, -0.2) is 16.1 Å². The standard InChI is InChI=1S/C14H14F2N2O/c1-14(2,3)18-7-10(8-19)13(17-18)9-4-5-11(15)12(16)6-9/h4-8H,1-3H3. The first-order valence-electron chi connectivity index (χ1n) is 5.83. The maximum atomic E-state index is 13.2. The number of carbonyl (C=O) groups is 1. The van der Waals surface area contributed by atoms with Crippen molar-refractivity contribution in [2.45, 2.75) is 26.3 Å². The highest BCUT2D eigenvalue weighted by atomic mass is 19.2. The third-order valence-corrected chi connectivity index (χ3v) is 2.75. The van der Waals surface area contributed by atoms with Crippen LogP contribution < -0.4 is 0 Å². The molecule has 0 aliphatic heterocycles. The van der Waals surface area contributed by atoms with E-state index in [0.717, 1.165) is 12.1 Å². The van der Waals surface area contributed by atoms with Gasteiger partial charge in [0.15, 0.2) is 17.9 Å². The summed E-state index contributed by atoms with van der Waals surface area (Å²) in [4.78, 5) is 11.1. The minimum Gasteiger partial charge on any atom is -0.298 e. The summed E-state index contributed by atoms with van der Waals surface area (Å²) < 4.78 is 27.8. The van der Waals surface area contributed by atoms with Gasteiger partial charge in [-0.1, -0.05) is 0 Å². The summed E-state index contributed by atoms with van der Waals surface area (Å²) in [7, 11) is 0. The average Bonchev–Trinajstić information content (AvgIpc) is 2.76. The van der Waals surface area contributed by atoms with E-state index in [1.165, 1.54) is 6.07 Å². The molecule has 2 aromatic rings. The molecule has 0 radical (unpaired) electrons. The largest absolute Gasteiger partial charge is 0.298 e. The van der Waals surface area contributed by atoms with Crippen molar-refractivity contribution in [3.05, 3.63) is 41.6 Å². The first-order valence-corrected chi connectivity index (χ1v) is 5.83. The molecule has 0 saturated heterocycles. The molecule has 0 aliphatic carbocycles. The monoisotopic (exact) mass is 264 g/mol. The molecule has 0 fully saturated rings. The fraction of sp³-hybridized carbons (Fsp3) is 0.286. The van der Waals surface area contributed by atoms with E-state index < -0.39 is 11.6 Å². The summed E-state index contributed by atoms with van der Waals surface area (Å²) in [5.41, 5.74) is 0.781. The first-order chi connectivity index (χ1) is 8.82. The van der Waals surface area contributed by atoms with Crippen molar-refractivity contribution in [3.63, 3.8) is 0 Å². The van der Waals surface area contributed by atoms with Crippen LogP contribution in [0.15, 0.2) is 24.4 Å². The number of aromatic nitrogens is 2. The van der Waals surface area contributed by atoms with E-state index in [0.29, 0.717) is 23.1 Å². The Balaban J connectivity index is 2.58. The third-order valence-electron chi connectivity index (χ3n) is 2.75. The zero-order chi connectivity index (χ0) is 14.2. The minimum atomic E-state index is -0.959. The topological polar surface area (TPSA) is 34.9 Å². The molecule has 3 nitrogen and oxygen atoms in total. The molecule has 100 valence electrons. The average molecular weight is 264 g/mol.